The number of nitrogens with zero attached hydrogens (tertiary/aromatic N) is 2. The maximum atomic E-state index is 14.9. The van der Waals surface area contributed by atoms with Crippen molar-refractivity contribution in [3.63, 3.8) is 0 Å². The lowest BCUT2D eigenvalue weighted by Gasteiger charge is -2.20. The summed E-state index contributed by atoms with van der Waals surface area (Å²) in [5, 5.41) is 0. The van der Waals surface area contributed by atoms with E-state index in [2.05, 4.69) is 9.98 Å². The monoisotopic (exact) mass is 424 g/mol. The van der Waals surface area contributed by atoms with Crippen molar-refractivity contribution in [2.45, 2.75) is 45.3 Å². The van der Waals surface area contributed by atoms with Crippen molar-refractivity contribution in [3.05, 3.63) is 83.3 Å². The average molecular weight is 424 g/mol. The molecule has 160 valence electrons. The van der Waals surface area contributed by atoms with Crippen molar-refractivity contribution in [3.8, 4) is 17.0 Å². The topological polar surface area (TPSA) is 34.5 Å². The molecule has 1 aliphatic rings. The summed E-state index contributed by atoms with van der Waals surface area (Å²) in [6.07, 6.45) is 2.53. The Morgan fingerprint density at radius 3 is 2.23 bits per heavy atom. The van der Waals surface area contributed by atoms with Gasteiger partial charge in [0.25, 0.3) is 0 Å². The van der Waals surface area contributed by atoms with Crippen LogP contribution in [0.3, 0.4) is 0 Å². The van der Waals surface area contributed by atoms with E-state index >= 15 is 0 Å². The summed E-state index contributed by atoms with van der Waals surface area (Å²) in [7, 11) is 0. The van der Waals surface area contributed by atoms with Gasteiger partial charge in [-0.3, -0.25) is 4.99 Å². The number of ether oxygens (including phenoxy) is 1. The van der Waals surface area contributed by atoms with Gasteiger partial charge in [0, 0.05) is 29.1 Å². The first-order chi connectivity index (χ1) is 14.7. The third kappa shape index (κ3) is 4.63. The SMILES string of the molecule is CC(C)(C)Oc1ccc(-c2ccc([C@H]3CCC(c4c(F)cccc4F)=N3)c(F)c2)cn1. The van der Waals surface area contributed by atoms with Gasteiger partial charge in [-0.2, -0.15) is 0 Å². The van der Waals surface area contributed by atoms with E-state index in [0.717, 1.165) is 5.56 Å². The molecule has 1 aromatic heterocycles. The summed E-state index contributed by atoms with van der Waals surface area (Å²) >= 11 is 0. The number of aromatic nitrogens is 1. The van der Waals surface area contributed by atoms with Gasteiger partial charge in [0.15, 0.2) is 0 Å². The molecule has 0 N–H and O–H groups in total. The Balaban J connectivity index is 1.56. The summed E-state index contributed by atoms with van der Waals surface area (Å²) in [5.41, 5.74) is 1.72. The Morgan fingerprint density at radius 2 is 1.61 bits per heavy atom. The van der Waals surface area contributed by atoms with Crippen molar-refractivity contribution in [2.24, 2.45) is 4.99 Å². The molecular formula is C25H23F3N2O. The Labute approximate surface area is 179 Å². The number of benzene rings is 2. The molecule has 0 aliphatic carbocycles. The van der Waals surface area contributed by atoms with Crippen LogP contribution in [-0.2, 0) is 0 Å². The molecule has 4 rings (SSSR count). The molecule has 0 saturated heterocycles. The molecule has 0 saturated carbocycles. The van der Waals surface area contributed by atoms with Crippen LogP contribution in [0.15, 0.2) is 59.7 Å². The summed E-state index contributed by atoms with van der Waals surface area (Å²) < 4.78 is 48.8. The number of hydrogen-bond acceptors (Lipinski definition) is 3. The van der Waals surface area contributed by atoms with Crippen LogP contribution in [0.1, 0.15) is 50.8 Å². The molecule has 0 fully saturated rings. The average Bonchev–Trinajstić information content (AvgIpc) is 3.16. The normalized spacial score (nSPS) is 16.3. The van der Waals surface area contributed by atoms with E-state index in [1.807, 2.05) is 26.8 Å². The lowest BCUT2D eigenvalue weighted by molar-refractivity contribution is 0.124. The largest absolute Gasteiger partial charge is 0.472 e. The minimum Gasteiger partial charge on any atom is -0.472 e. The fourth-order valence-electron chi connectivity index (χ4n) is 3.68. The van der Waals surface area contributed by atoms with Crippen molar-refractivity contribution in [1.29, 1.82) is 0 Å². The van der Waals surface area contributed by atoms with E-state index in [0.29, 0.717) is 35.6 Å². The highest BCUT2D eigenvalue weighted by atomic mass is 19.1. The van der Waals surface area contributed by atoms with Crippen molar-refractivity contribution >= 4 is 5.71 Å². The second kappa shape index (κ2) is 8.17. The number of rotatable bonds is 4. The molecule has 31 heavy (non-hydrogen) atoms. The van der Waals surface area contributed by atoms with Crippen molar-refractivity contribution < 1.29 is 17.9 Å². The van der Waals surface area contributed by atoms with Crippen LogP contribution in [0.5, 0.6) is 5.88 Å². The lowest BCUT2D eigenvalue weighted by atomic mass is 9.99. The van der Waals surface area contributed by atoms with Gasteiger partial charge in [-0.25, -0.2) is 18.2 Å². The van der Waals surface area contributed by atoms with Gasteiger partial charge >= 0.3 is 0 Å². The Kier molecular flexibility index (Phi) is 5.56. The quantitative estimate of drug-likeness (QED) is 0.469. The molecule has 0 amide bonds. The van der Waals surface area contributed by atoms with E-state index in [9.17, 15) is 13.2 Å². The molecule has 2 heterocycles. The van der Waals surface area contributed by atoms with Crippen LogP contribution in [-0.4, -0.2) is 16.3 Å². The Hall–Kier alpha value is -3.15. The third-order valence-corrected chi connectivity index (χ3v) is 5.06. The Morgan fingerprint density at radius 1 is 0.903 bits per heavy atom. The maximum Gasteiger partial charge on any atom is 0.213 e. The zero-order valence-corrected chi connectivity index (χ0v) is 17.6. The second-order valence-electron chi connectivity index (χ2n) is 8.56. The van der Waals surface area contributed by atoms with Gasteiger partial charge in [0.2, 0.25) is 5.88 Å². The van der Waals surface area contributed by atoms with E-state index < -0.39 is 23.5 Å². The Bertz CT molecular complexity index is 1110. The molecule has 6 heteroatoms. The predicted octanol–water partition coefficient (Wildman–Crippen LogP) is 6.67. The molecule has 1 atom stereocenters. The van der Waals surface area contributed by atoms with Crippen molar-refractivity contribution in [2.75, 3.05) is 0 Å². The summed E-state index contributed by atoms with van der Waals surface area (Å²) in [4.78, 5) is 8.72. The molecule has 3 aromatic rings. The zero-order chi connectivity index (χ0) is 22.2. The van der Waals surface area contributed by atoms with Crippen LogP contribution in [0.4, 0.5) is 13.2 Å². The number of aliphatic imine (C=N–C) groups is 1. The van der Waals surface area contributed by atoms with Gasteiger partial charge in [0.1, 0.15) is 23.1 Å². The smallest absolute Gasteiger partial charge is 0.213 e. The molecule has 0 radical (unpaired) electrons. The standard InChI is InChI=1S/C25H23F3N2O/c1-25(2,3)31-23-12-8-16(14-29-23)15-7-9-17(20(28)13-15)21-10-11-22(30-21)24-18(26)5-4-6-19(24)27/h4-9,12-14,21H,10-11H2,1-3H3/t21-/m1/s1. The first-order valence-electron chi connectivity index (χ1n) is 10.2. The van der Waals surface area contributed by atoms with Crippen LogP contribution < -0.4 is 4.74 Å². The zero-order valence-electron chi connectivity index (χ0n) is 17.6. The first-order valence-corrected chi connectivity index (χ1v) is 10.2. The van der Waals surface area contributed by atoms with E-state index in [4.69, 9.17) is 4.74 Å². The summed E-state index contributed by atoms with van der Waals surface area (Å²) in [6, 6.07) is 11.8. The van der Waals surface area contributed by atoms with Gasteiger partial charge in [0.05, 0.1) is 11.6 Å². The van der Waals surface area contributed by atoms with E-state index in [1.54, 1.807) is 24.4 Å². The molecular weight excluding hydrogens is 401 g/mol. The maximum absolute atomic E-state index is 14.9. The van der Waals surface area contributed by atoms with Crippen LogP contribution >= 0.6 is 0 Å². The van der Waals surface area contributed by atoms with E-state index in [-0.39, 0.29) is 11.2 Å². The molecule has 0 bridgehead atoms. The van der Waals surface area contributed by atoms with Gasteiger partial charge in [-0.1, -0.05) is 18.2 Å². The fraction of sp³-hybridized carbons (Fsp3) is 0.280. The molecule has 0 unspecified atom stereocenters. The van der Waals surface area contributed by atoms with Gasteiger partial charge in [-0.05, 0) is 63.4 Å². The highest BCUT2D eigenvalue weighted by Crippen LogP contribution is 2.35. The first kappa shape index (κ1) is 21.1. The van der Waals surface area contributed by atoms with E-state index in [1.165, 1.54) is 24.3 Å². The fourth-order valence-corrected chi connectivity index (χ4v) is 3.68. The predicted molar refractivity (Wildman–Crippen MR) is 115 cm³/mol. The van der Waals surface area contributed by atoms with Gasteiger partial charge < -0.3 is 4.74 Å². The molecule has 0 spiro atoms. The highest BCUT2D eigenvalue weighted by molar-refractivity contribution is 6.02. The van der Waals surface area contributed by atoms with Crippen LogP contribution in [0.2, 0.25) is 0 Å². The number of pyridine rings is 1. The minimum atomic E-state index is -0.651. The van der Waals surface area contributed by atoms with Gasteiger partial charge in [-0.15, -0.1) is 0 Å². The molecule has 3 nitrogen and oxygen atoms in total. The van der Waals surface area contributed by atoms with Crippen LogP contribution in [0, 0.1) is 17.5 Å². The van der Waals surface area contributed by atoms with Crippen molar-refractivity contribution in [1.82, 2.24) is 4.98 Å². The third-order valence-electron chi connectivity index (χ3n) is 5.06. The summed E-state index contributed by atoms with van der Waals surface area (Å²) in [6.45, 7) is 5.82. The summed E-state index contributed by atoms with van der Waals surface area (Å²) in [5.74, 6) is -1.21. The lowest BCUT2D eigenvalue weighted by Crippen LogP contribution is -2.23. The molecule has 2 aromatic carbocycles. The second-order valence-corrected chi connectivity index (χ2v) is 8.56. The number of hydrogen-bond donors (Lipinski definition) is 0. The number of halogens is 3. The minimum absolute atomic E-state index is 0.120. The van der Waals surface area contributed by atoms with Crippen LogP contribution in [0.25, 0.3) is 11.1 Å². The highest BCUT2D eigenvalue weighted by Gasteiger charge is 2.26. The molecule has 1 aliphatic heterocycles.